The summed E-state index contributed by atoms with van der Waals surface area (Å²) in [6, 6.07) is 2.20. The molecule has 11 heavy (non-hydrogen) atoms. The van der Waals surface area contributed by atoms with Gasteiger partial charge in [0.15, 0.2) is 0 Å². The van der Waals surface area contributed by atoms with Crippen LogP contribution in [0.1, 0.15) is 21.7 Å². The first kappa shape index (κ1) is 7.04. The summed E-state index contributed by atoms with van der Waals surface area (Å²) in [4.78, 5) is 13.0. The second kappa shape index (κ2) is 2.78. The Balaban J connectivity index is 2.27. The first-order chi connectivity index (χ1) is 5.40. The third-order valence-electron chi connectivity index (χ3n) is 2.08. The molecule has 1 aromatic rings. The highest BCUT2D eigenvalue weighted by Gasteiger charge is 2.13. The second-order valence-electron chi connectivity index (χ2n) is 2.89. The first-order valence-electron chi connectivity index (χ1n) is 3.94. The molecular formula is C9H10OS. The summed E-state index contributed by atoms with van der Waals surface area (Å²) in [5.74, 6) is 0. The molecule has 2 rings (SSSR count). The van der Waals surface area contributed by atoms with Gasteiger partial charge < -0.3 is 4.79 Å². The molecule has 1 aliphatic carbocycles. The van der Waals surface area contributed by atoms with Gasteiger partial charge in [0.1, 0.15) is 6.29 Å². The highest BCUT2D eigenvalue weighted by molar-refractivity contribution is 7.12. The van der Waals surface area contributed by atoms with E-state index in [9.17, 15) is 4.79 Å². The van der Waals surface area contributed by atoms with Gasteiger partial charge in [0.2, 0.25) is 0 Å². The lowest BCUT2D eigenvalue weighted by Crippen LogP contribution is -1.79. The highest BCUT2D eigenvalue weighted by Crippen LogP contribution is 2.30. The Labute approximate surface area is 70.1 Å². The van der Waals surface area contributed by atoms with Crippen molar-refractivity contribution in [2.24, 2.45) is 0 Å². The minimum atomic E-state index is 0.609. The Kier molecular flexibility index (Phi) is 1.78. The van der Waals surface area contributed by atoms with Crippen LogP contribution in [-0.2, 0) is 24.1 Å². The fourth-order valence-electron chi connectivity index (χ4n) is 1.57. The summed E-state index contributed by atoms with van der Waals surface area (Å²) < 4.78 is 0. The quantitative estimate of drug-likeness (QED) is 0.614. The molecule has 0 aliphatic heterocycles. The van der Waals surface area contributed by atoms with E-state index in [4.69, 9.17) is 0 Å². The number of rotatable bonds is 2. The highest BCUT2D eigenvalue weighted by atomic mass is 32.1. The van der Waals surface area contributed by atoms with Crippen LogP contribution in [0.2, 0.25) is 0 Å². The molecule has 58 valence electrons. The van der Waals surface area contributed by atoms with Gasteiger partial charge in [-0.3, -0.25) is 0 Å². The minimum absolute atomic E-state index is 0.609. The lowest BCUT2D eigenvalue weighted by atomic mass is 10.2. The van der Waals surface area contributed by atoms with Gasteiger partial charge in [-0.1, -0.05) is 0 Å². The van der Waals surface area contributed by atoms with E-state index in [-0.39, 0.29) is 0 Å². The third-order valence-corrected chi connectivity index (χ3v) is 3.34. The van der Waals surface area contributed by atoms with Crippen LogP contribution >= 0.6 is 11.3 Å². The summed E-state index contributed by atoms with van der Waals surface area (Å²) in [6.45, 7) is 0. The molecule has 0 atom stereocenters. The molecular weight excluding hydrogens is 156 g/mol. The van der Waals surface area contributed by atoms with E-state index < -0.39 is 0 Å². The average molecular weight is 166 g/mol. The number of hydrogen-bond acceptors (Lipinski definition) is 2. The zero-order valence-corrected chi connectivity index (χ0v) is 7.12. The summed E-state index contributed by atoms with van der Waals surface area (Å²) >= 11 is 1.82. The monoisotopic (exact) mass is 166 g/mol. The predicted molar refractivity (Wildman–Crippen MR) is 46.1 cm³/mol. The van der Waals surface area contributed by atoms with Crippen LogP contribution < -0.4 is 0 Å². The molecule has 0 bridgehead atoms. The Morgan fingerprint density at radius 2 is 2.45 bits per heavy atom. The number of thiophene rings is 1. The molecule has 0 unspecified atom stereocenters. The average Bonchev–Trinajstić information content (AvgIpc) is 2.46. The van der Waals surface area contributed by atoms with Gasteiger partial charge in [-0.25, -0.2) is 0 Å². The molecule has 0 saturated heterocycles. The minimum Gasteiger partial charge on any atom is -0.303 e. The zero-order chi connectivity index (χ0) is 7.68. The van der Waals surface area contributed by atoms with Crippen molar-refractivity contribution in [1.82, 2.24) is 0 Å². The van der Waals surface area contributed by atoms with E-state index >= 15 is 0 Å². The van der Waals surface area contributed by atoms with Gasteiger partial charge in [0.05, 0.1) is 0 Å². The summed E-state index contributed by atoms with van der Waals surface area (Å²) in [5.41, 5.74) is 1.49. The molecule has 0 amide bonds. The Morgan fingerprint density at radius 3 is 3.18 bits per heavy atom. The molecule has 1 heterocycles. The maximum Gasteiger partial charge on any atom is 0.125 e. The van der Waals surface area contributed by atoms with Crippen LogP contribution in [-0.4, -0.2) is 6.29 Å². The van der Waals surface area contributed by atoms with E-state index in [0.29, 0.717) is 6.42 Å². The van der Waals surface area contributed by atoms with E-state index in [0.717, 1.165) is 6.29 Å². The zero-order valence-electron chi connectivity index (χ0n) is 6.30. The van der Waals surface area contributed by atoms with Crippen LogP contribution in [0, 0.1) is 0 Å². The second-order valence-corrected chi connectivity index (χ2v) is 4.11. The number of carbonyl (C=O) groups is 1. The molecule has 0 spiro atoms. The van der Waals surface area contributed by atoms with Crippen molar-refractivity contribution in [3.63, 3.8) is 0 Å². The van der Waals surface area contributed by atoms with Gasteiger partial charge in [-0.2, -0.15) is 0 Å². The van der Waals surface area contributed by atoms with Crippen molar-refractivity contribution in [3.05, 3.63) is 21.4 Å². The van der Waals surface area contributed by atoms with Crippen LogP contribution in [0.3, 0.4) is 0 Å². The Bertz CT molecular complexity index is 254. The van der Waals surface area contributed by atoms with Crippen LogP contribution in [0.4, 0.5) is 0 Å². The van der Waals surface area contributed by atoms with E-state index in [2.05, 4.69) is 6.07 Å². The number of hydrogen-bond donors (Lipinski definition) is 0. The van der Waals surface area contributed by atoms with Gasteiger partial charge in [-0.05, 0) is 30.9 Å². The number of aldehydes is 1. The van der Waals surface area contributed by atoms with Crippen molar-refractivity contribution >= 4 is 17.6 Å². The molecule has 1 aromatic heterocycles. The van der Waals surface area contributed by atoms with Crippen molar-refractivity contribution in [2.75, 3.05) is 0 Å². The number of aryl methyl sites for hydroxylation is 2. The Hall–Kier alpha value is -0.630. The SMILES string of the molecule is O=CCc1cc2c(s1)CCC2. The van der Waals surface area contributed by atoms with Gasteiger partial charge >= 0.3 is 0 Å². The van der Waals surface area contributed by atoms with E-state index in [1.165, 1.54) is 34.6 Å². The van der Waals surface area contributed by atoms with E-state index in [1.54, 1.807) is 0 Å². The molecule has 0 radical (unpaired) electrons. The lowest BCUT2D eigenvalue weighted by Gasteiger charge is -1.85. The maximum absolute atomic E-state index is 10.2. The maximum atomic E-state index is 10.2. The molecule has 1 aliphatic rings. The summed E-state index contributed by atoms with van der Waals surface area (Å²) in [6.07, 6.45) is 5.37. The van der Waals surface area contributed by atoms with Crippen molar-refractivity contribution in [1.29, 1.82) is 0 Å². The van der Waals surface area contributed by atoms with Gasteiger partial charge in [0.25, 0.3) is 0 Å². The first-order valence-corrected chi connectivity index (χ1v) is 4.76. The van der Waals surface area contributed by atoms with Crippen molar-refractivity contribution in [2.45, 2.75) is 25.7 Å². The molecule has 1 nitrogen and oxygen atoms in total. The Morgan fingerprint density at radius 1 is 1.55 bits per heavy atom. The number of fused-ring (bicyclic) bond motifs is 1. The van der Waals surface area contributed by atoms with Gasteiger partial charge in [-0.15, -0.1) is 11.3 Å². The molecule has 0 fully saturated rings. The molecule has 0 saturated carbocycles. The fourth-order valence-corrected chi connectivity index (χ4v) is 2.78. The summed E-state index contributed by atoms with van der Waals surface area (Å²) in [7, 11) is 0. The van der Waals surface area contributed by atoms with Crippen molar-refractivity contribution in [3.8, 4) is 0 Å². The fraction of sp³-hybridized carbons (Fsp3) is 0.444. The van der Waals surface area contributed by atoms with Crippen LogP contribution in [0.5, 0.6) is 0 Å². The summed E-state index contributed by atoms with van der Waals surface area (Å²) in [5, 5.41) is 0. The van der Waals surface area contributed by atoms with Crippen LogP contribution in [0.15, 0.2) is 6.07 Å². The number of carbonyl (C=O) groups excluding carboxylic acids is 1. The van der Waals surface area contributed by atoms with E-state index in [1.807, 2.05) is 11.3 Å². The molecule has 2 heteroatoms. The smallest absolute Gasteiger partial charge is 0.125 e. The van der Waals surface area contributed by atoms with Gasteiger partial charge in [0, 0.05) is 16.2 Å². The molecule has 0 aromatic carbocycles. The topological polar surface area (TPSA) is 17.1 Å². The lowest BCUT2D eigenvalue weighted by molar-refractivity contribution is -0.107. The van der Waals surface area contributed by atoms with Crippen LogP contribution in [0.25, 0.3) is 0 Å². The normalized spacial score (nSPS) is 14.9. The standard InChI is InChI=1S/C9H10OS/c10-5-4-8-6-7-2-1-3-9(7)11-8/h5-6H,1-4H2. The predicted octanol–water partition coefficient (Wildman–Crippen LogP) is 1.98. The third kappa shape index (κ3) is 1.23. The van der Waals surface area contributed by atoms with Crippen molar-refractivity contribution < 1.29 is 4.79 Å². The largest absolute Gasteiger partial charge is 0.303 e. The molecule has 0 N–H and O–H groups in total.